The number of carbonyl (C=O) groups excluding carboxylic acids is 1. The van der Waals surface area contributed by atoms with Crippen molar-refractivity contribution in [1.82, 2.24) is 15.3 Å². The second-order valence-electron chi connectivity index (χ2n) is 3.77. The van der Waals surface area contributed by atoms with Crippen LogP contribution in [0.3, 0.4) is 0 Å². The third-order valence-electron chi connectivity index (χ3n) is 2.38. The van der Waals surface area contributed by atoms with Crippen LogP contribution >= 0.6 is 0 Å². The van der Waals surface area contributed by atoms with Crippen molar-refractivity contribution >= 4 is 11.8 Å². The molecule has 0 radical (unpaired) electrons. The Morgan fingerprint density at radius 2 is 2.22 bits per heavy atom. The zero-order chi connectivity index (χ0) is 13.0. The number of oxazole rings is 1. The number of amides is 2. The molecule has 0 aliphatic rings. The first kappa shape index (κ1) is 12.1. The van der Waals surface area contributed by atoms with Gasteiger partial charge in [0.05, 0.1) is 12.2 Å². The topological polar surface area (TPSA) is 80.0 Å². The highest BCUT2D eigenvalue weighted by molar-refractivity contribution is 5.87. The van der Waals surface area contributed by atoms with E-state index < -0.39 is 0 Å². The van der Waals surface area contributed by atoms with Gasteiger partial charge in [0.15, 0.2) is 0 Å². The second-order valence-corrected chi connectivity index (χ2v) is 3.77. The van der Waals surface area contributed by atoms with E-state index in [0.29, 0.717) is 11.7 Å². The summed E-state index contributed by atoms with van der Waals surface area (Å²) in [6.45, 7) is 3.93. The van der Waals surface area contributed by atoms with Gasteiger partial charge in [0.2, 0.25) is 5.89 Å². The first-order valence-electron chi connectivity index (χ1n) is 5.54. The predicted octanol–water partition coefficient (Wildman–Crippen LogP) is 2.01. The molecule has 0 saturated heterocycles. The van der Waals surface area contributed by atoms with E-state index in [0.717, 1.165) is 11.5 Å². The monoisotopic (exact) mass is 246 g/mol. The number of nitrogens with zero attached hydrogens (tertiary/aromatic N) is 2. The Kier molecular flexibility index (Phi) is 3.57. The Morgan fingerprint density at radius 1 is 1.39 bits per heavy atom. The fraction of sp³-hybridized carbons (Fsp3) is 0.250. The lowest BCUT2D eigenvalue weighted by Gasteiger charge is -2.04. The summed E-state index contributed by atoms with van der Waals surface area (Å²) in [6, 6.07) is 4.94. The molecule has 0 aromatic carbocycles. The molecule has 0 atom stereocenters. The molecule has 6 heteroatoms. The van der Waals surface area contributed by atoms with Crippen molar-refractivity contribution in [2.45, 2.75) is 20.4 Å². The molecule has 0 bridgehead atoms. The summed E-state index contributed by atoms with van der Waals surface area (Å²) in [4.78, 5) is 19.7. The van der Waals surface area contributed by atoms with E-state index >= 15 is 0 Å². The number of rotatable bonds is 3. The lowest BCUT2D eigenvalue weighted by Crippen LogP contribution is -2.28. The molecule has 0 spiro atoms. The molecule has 2 aromatic rings. The molecular formula is C12H14N4O2. The Hall–Kier alpha value is -2.37. The van der Waals surface area contributed by atoms with Crippen molar-refractivity contribution < 1.29 is 9.21 Å². The zero-order valence-electron chi connectivity index (χ0n) is 10.2. The van der Waals surface area contributed by atoms with Crippen LogP contribution in [0.25, 0.3) is 0 Å². The number of urea groups is 1. The molecule has 0 aliphatic carbocycles. The number of hydrogen-bond acceptors (Lipinski definition) is 4. The van der Waals surface area contributed by atoms with E-state index in [1.807, 2.05) is 13.8 Å². The number of anilines is 1. The lowest BCUT2D eigenvalue weighted by molar-refractivity contribution is 0.250. The van der Waals surface area contributed by atoms with Crippen LogP contribution in [0.1, 0.15) is 17.3 Å². The SMILES string of the molecule is Cc1nc(CNC(=O)Nc2ccccn2)oc1C. The van der Waals surface area contributed by atoms with Crippen molar-refractivity contribution in [2.24, 2.45) is 0 Å². The molecule has 0 saturated carbocycles. The predicted molar refractivity (Wildman–Crippen MR) is 66.1 cm³/mol. The molecule has 18 heavy (non-hydrogen) atoms. The Balaban J connectivity index is 1.85. The fourth-order valence-electron chi connectivity index (χ4n) is 1.37. The molecule has 0 aliphatic heterocycles. The van der Waals surface area contributed by atoms with Crippen LogP contribution in [0, 0.1) is 13.8 Å². The maximum Gasteiger partial charge on any atom is 0.320 e. The first-order valence-corrected chi connectivity index (χ1v) is 5.54. The van der Waals surface area contributed by atoms with E-state index in [9.17, 15) is 4.79 Å². The molecule has 2 N–H and O–H groups in total. The van der Waals surface area contributed by atoms with Crippen LogP contribution in [0.2, 0.25) is 0 Å². The van der Waals surface area contributed by atoms with Gasteiger partial charge in [0, 0.05) is 6.20 Å². The maximum atomic E-state index is 11.5. The lowest BCUT2D eigenvalue weighted by atomic mass is 10.4. The van der Waals surface area contributed by atoms with E-state index in [1.165, 1.54) is 0 Å². The summed E-state index contributed by atoms with van der Waals surface area (Å²) in [7, 11) is 0. The van der Waals surface area contributed by atoms with Gasteiger partial charge in [-0.05, 0) is 26.0 Å². The fourth-order valence-corrected chi connectivity index (χ4v) is 1.37. The number of carbonyl (C=O) groups is 1. The maximum absolute atomic E-state index is 11.5. The third-order valence-corrected chi connectivity index (χ3v) is 2.38. The summed E-state index contributed by atoms with van der Waals surface area (Å²) >= 11 is 0. The van der Waals surface area contributed by atoms with Crippen LogP contribution in [0.5, 0.6) is 0 Å². The van der Waals surface area contributed by atoms with Gasteiger partial charge in [-0.15, -0.1) is 0 Å². The van der Waals surface area contributed by atoms with Crippen molar-refractivity contribution in [1.29, 1.82) is 0 Å². The molecule has 94 valence electrons. The summed E-state index contributed by atoms with van der Waals surface area (Å²) in [5, 5.41) is 5.24. The largest absolute Gasteiger partial charge is 0.444 e. The van der Waals surface area contributed by atoms with Gasteiger partial charge < -0.3 is 9.73 Å². The quantitative estimate of drug-likeness (QED) is 0.868. The van der Waals surface area contributed by atoms with Crippen LogP contribution in [-0.4, -0.2) is 16.0 Å². The van der Waals surface area contributed by atoms with Gasteiger partial charge in [0.1, 0.15) is 11.6 Å². The number of nitrogens with one attached hydrogen (secondary N) is 2. The standard InChI is InChI=1S/C12H14N4O2/c1-8-9(2)18-11(15-8)7-14-12(17)16-10-5-3-4-6-13-10/h3-6H,7H2,1-2H3,(H2,13,14,16,17). The average molecular weight is 246 g/mol. The number of hydrogen-bond donors (Lipinski definition) is 2. The first-order chi connectivity index (χ1) is 8.65. The minimum Gasteiger partial charge on any atom is -0.444 e. The van der Waals surface area contributed by atoms with Gasteiger partial charge in [-0.1, -0.05) is 6.07 Å². The third kappa shape index (κ3) is 3.07. The normalized spacial score (nSPS) is 10.1. The zero-order valence-corrected chi connectivity index (χ0v) is 10.2. The van der Waals surface area contributed by atoms with E-state index in [-0.39, 0.29) is 12.6 Å². The van der Waals surface area contributed by atoms with Crippen molar-refractivity contribution in [3.8, 4) is 0 Å². The highest BCUT2D eigenvalue weighted by atomic mass is 16.4. The molecule has 0 unspecified atom stereocenters. The minimum atomic E-state index is -0.345. The van der Waals surface area contributed by atoms with E-state index in [4.69, 9.17) is 4.42 Å². The van der Waals surface area contributed by atoms with Crippen LogP contribution in [0.4, 0.5) is 10.6 Å². The Labute approximate surface area is 104 Å². The number of aromatic nitrogens is 2. The van der Waals surface area contributed by atoms with Crippen LogP contribution < -0.4 is 10.6 Å². The van der Waals surface area contributed by atoms with Gasteiger partial charge in [-0.2, -0.15) is 0 Å². The van der Waals surface area contributed by atoms with E-state index in [2.05, 4.69) is 20.6 Å². The summed E-state index contributed by atoms with van der Waals surface area (Å²) in [5.74, 6) is 1.74. The van der Waals surface area contributed by atoms with Crippen molar-refractivity contribution in [3.05, 3.63) is 41.7 Å². The summed E-state index contributed by atoms with van der Waals surface area (Å²) in [6.07, 6.45) is 1.61. The summed E-state index contributed by atoms with van der Waals surface area (Å²) < 4.78 is 5.35. The van der Waals surface area contributed by atoms with Gasteiger partial charge >= 0.3 is 6.03 Å². The van der Waals surface area contributed by atoms with Gasteiger partial charge in [-0.3, -0.25) is 5.32 Å². The molecule has 2 rings (SSSR count). The molecule has 0 fully saturated rings. The van der Waals surface area contributed by atoms with Crippen molar-refractivity contribution in [3.63, 3.8) is 0 Å². The Morgan fingerprint density at radius 3 is 2.83 bits per heavy atom. The average Bonchev–Trinajstić information content (AvgIpc) is 2.68. The molecule has 2 amide bonds. The van der Waals surface area contributed by atoms with Crippen LogP contribution in [-0.2, 0) is 6.54 Å². The highest BCUT2D eigenvalue weighted by Gasteiger charge is 2.07. The highest BCUT2D eigenvalue weighted by Crippen LogP contribution is 2.07. The minimum absolute atomic E-state index is 0.243. The molecule has 2 aromatic heterocycles. The smallest absolute Gasteiger partial charge is 0.320 e. The number of aryl methyl sites for hydroxylation is 2. The van der Waals surface area contributed by atoms with Crippen molar-refractivity contribution in [2.75, 3.05) is 5.32 Å². The Bertz CT molecular complexity index is 517. The van der Waals surface area contributed by atoms with Gasteiger partial charge in [-0.25, -0.2) is 14.8 Å². The van der Waals surface area contributed by atoms with Gasteiger partial charge in [0.25, 0.3) is 0 Å². The number of pyridine rings is 1. The second kappa shape index (κ2) is 5.31. The summed E-state index contributed by atoms with van der Waals surface area (Å²) in [5.41, 5.74) is 0.830. The molecule has 2 heterocycles. The molecule has 6 nitrogen and oxygen atoms in total. The van der Waals surface area contributed by atoms with E-state index in [1.54, 1.807) is 24.4 Å². The van der Waals surface area contributed by atoms with Crippen LogP contribution in [0.15, 0.2) is 28.8 Å². The molecular weight excluding hydrogens is 232 g/mol.